The SMILES string of the molecule is CN(CC(F)(F)F)C(=O)c1ccnc(N)c1. The summed E-state index contributed by atoms with van der Waals surface area (Å²) in [5.74, 6) is -0.655. The summed E-state index contributed by atoms with van der Waals surface area (Å²) in [5.41, 5.74) is 5.40. The standard InChI is InChI=1S/C9H10F3N3O/c1-15(5-9(10,11)12)8(16)6-2-3-14-7(13)4-6/h2-4H,5H2,1H3,(H2,13,14). The molecule has 1 heterocycles. The topological polar surface area (TPSA) is 59.2 Å². The fourth-order valence-electron chi connectivity index (χ4n) is 1.14. The molecule has 2 N–H and O–H groups in total. The van der Waals surface area contributed by atoms with Crippen LogP contribution in [0, 0.1) is 0 Å². The van der Waals surface area contributed by atoms with E-state index >= 15 is 0 Å². The van der Waals surface area contributed by atoms with Crippen molar-refractivity contribution in [1.82, 2.24) is 9.88 Å². The second kappa shape index (κ2) is 4.38. The van der Waals surface area contributed by atoms with E-state index in [1.165, 1.54) is 18.3 Å². The van der Waals surface area contributed by atoms with Gasteiger partial charge in [-0.05, 0) is 12.1 Å². The molecule has 0 spiro atoms. The first-order valence-corrected chi connectivity index (χ1v) is 4.33. The van der Waals surface area contributed by atoms with Crippen molar-refractivity contribution in [1.29, 1.82) is 0 Å². The van der Waals surface area contributed by atoms with Gasteiger partial charge in [-0.3, -0.25) is 4.79 Å². The highest BCUT2D eigenvalue weighted by Gasteiger charge is 2.31. The summed E-state index contributed by atoms with van der Waals surface area (Å²) in [6.07, 6.45) is -3.15. The highest BCUT2D eigenvalue weighted by atomic mass is 19.4. The minimum Gasteiger partial charge on any atom is -0.384 e. The van der Waals surface area contributed by atoms with Gasteiger partial charge >= 0.3 is 6.18 Å². The van der Waals surface area contributed by atoms with Crippen LogP contribution in [0.3, 0.4) is 0 Å². The number of carbonyl (C=O) groups excluding carboxylic acids is 1. The number of carbonyl (C=O) groups is 1. The summed E-state index contributed by atoms with van der Waals surface area (Å²) >= 11 is 0. The molecule has 1 aromatic heterocycles. The van der Waals surface area contributed by atoms with Gasteiger partial charge in [0, 0.05) is 18.8 Å². The first-order valence-electron chi connectivity index (χ1n) is 4.33. The molecule has 0 saturated carbocycles. The Bertz CT molecular complexity index is 392. The van der Waals surface area contributed by atoms with E-state index in [9.17, 15) is 18.0 Å². The molecule has 0 aliphatic rings. The Morgan fingerprint density at radius 2 is 2.19 bits per heavy atom. The van der Waals surface area contributed by atoms with Crippen LogP contribution in [0.15, 0.2) is 18.3 Å². The predicted molar refractivity (Wildman–Crippen MR) is 51.7 cm³/mol. The van der Waals surface area contributed by atoms with Crippen LogP contribution >= 0.6 is 0 Å². The van der Waals surface area contributed by atoms with Crippen molar-refractivity contribution >= 4 is 11.7 Å². The van der Waals surface area contributed by atoms with Gasteiger partial charge in [-0.1, -0.05) is 0 Å². The highest BCUT2D eigenvalue weighted by Crippen LogP contribution is 2.17. The fourth-order valence-corrected chi connectivity index (χ4v) is 1.14. The first kappa shape index (κ1) is 12.3. The number of nitrogens with zero attached hydrogens (tertiary/aromatic N) is 2. The van der Waals surface area contributed by atoms with Crippen molar-refractivity contribution < 1.29 is 18.0 Å². The van der Waals surface area contributed by atoms with Crippen molar-refractivity contribution in [3.8, 4) is 0 Å². The number of halogens is 3. The van der Waals surface area contributed by atoms with Crippen LogP contribution in [0.5, 0.6) is 0 Å². The number of hydrogen-bond donors (Lipinski definition) is 1. The summed E-state index contributed by atoms with van der Waals surface area (Å²) in [7, 11) is 1.08. The molecule has 88 valence electrons. The van der Waals surface area contributed by atoms with Crippen molar-refractivity contribution in [2.45, 2.75) is 6.18 Å². The zero-order chi connectivity index (χ0) is 12.3. The summed E-state index contributed by atoms with van der Waals surface area (Å²) in [6, 6.07) is 2.54. The lowest BCUT2D eigenvalue weighted by Crippen LogP contribution is -2.35. The van der Waals surface area contributed by atoms with Crippen molar-refractivity contribution in [2.75, 3.05) is 19.3 Å². The zero-order valence-corrected chi connectivity index (χ0v) is 8.45. The van der Waals surface area contributed by atoms with E-state index < -0.39 is 18.6 Å². The minimum absolute atomic E-state index is 0.0826. The van der Waals surface area contributed by atoms with E-state index in [4.69, 9.17) is 5.73 Å². The summed E-state index contributed by atoms with van der Waals surface area (Å²) < 4.78 is 36.1. The predicted octanol–water partition coefficient (Wildman–Crippen LogP) is 1.30. The molecule has 0 saturated heterocycles. The molecule has 0 aromatic carbocycles. The Labute approximate surface area is 89.9 Å². The molecule has 1 aromatic rings. The Kier molecular flexibility index (Phi) is 3.36. The lowest BCUT2D eigenvalue weighted by molar-refractivity contribution is -0.138. The van der Waals surface area contributed by atoms with E-state index in [0.29, 0.717) is 4.90 Å². The van der Waals surface area contributed by atoms with Gasteiger partial charge in [0.05, 0.1) is 0 Å². The molecule has 1 rings (SSSR count). The molecule has 0 atom stereocenters. The third kappa shape index (κ3) is 3.41. The number of nitrogen functional groups attached to an aromatic ring is 1. The average molecular weight is 233 g/mol. The molecule has 1 amide bonds. The fraction of sp³-hybridized carbons (Fsp3) is 0.333. The number of pyridine rings is 1. The Hall–Kier alpha value is -1.79. The van der Waals surface area contributed by atoms with Crippen LogP contribution in [-0.4, -0.2) is 35.6 Å². The monoisotopic (exact) mass is 233 g/mol. The van der Waals surface area contributed by atoms with Gasteiger partial charge in [-0.2, -0.15) is 13.2 Å². The van der Waals surface area contributed by atoms with Crippen LogP contribution in [0.25, 0.3) is 0 Å². The minimum atomic E-state index is -4.41. The molecule has 0 unspecified atom stereocenters. The maximum absolute atomic E-state index is 12.0. The molecule has 16 heavy (non-hydrogen) atoms. The molecule has 0 fully saturated rings. The molecule has 0 bridgehead atoms. The molecule has 0 aliphatic carbocycles. The number of hydrogen-bond acceptors (Lipinski definition) is 3. The lowest BCUT2D eigenvalue weighted by atomic mass is 10.2. The third-order valence-electron chi connectivity index (χ3n) is 1.79. The number of rotatable bonds is 2. The van der Waals surface area contributed by atoms with E-state index in [1.54, 1.807) is 0 Å². The molecule has 0 radical (unpaired) electrons. The van der Waals surface area contributed by atoms with Gasteiger partial charge in [0.25, 0.3) is 5.91 Å². The molecule has 4 nitrogen and oxygen atoms in total. The average Bonchev–Trinajstić information content (AvgIpc) is 2.14. The van der Waals surface area contributed by atoms with Gasteiger partial charge in [0.15, 0.2) is 0 Å². The van der Waals surface area contributed by atoms with E-state index in [2.05, 4.69) is 4.98 Å². The second-order valence-electron chi connectivity index (χ2n) is 3.25. The van der Waals surface area contributed by atoms with Crippen molar-refractivity contribution in [3.63, 3.8) is 0 Å². The summed E-state index contributed by atoms with van der Waals surface area (Å²) in [6.45, 7) is -1.30. The number of amides is 1. The Balaban J connectivity index is 2.78. The highest BCUT2D eigenvalue weighted by molar-refractivity contribution is 5.94. The van der Waals surface area contributed by atoms with Gasteiger partial charge in [-0.25, -0.2) is 4.98 Å². The maximum Gasteiger partial charge on any atom is 0.406 e. The van der Waals surface area contributed by atoms with Crippen LogP contribution in [-0.2, 0) is 0 Å². The van der Waals surface area contributed by atoms with Gasteiger partial charge in [0.2, 0.25) is 0 Å². The van der Waals surface area contributed by atoms with Crippen LogP contribution < -0.4 is 5.73 Å². The lowest BCUT2D eigenvalue weighted by Gasteiger charge is -2.18. The van der Waals surface area contributed by atoms with E-state index in [1.807, 2.05) is 0 Å². The van der Waals surface area contributed by atoms with Crippen molar-refractivity contribution in [3.05, 3.63) is 23.9 Å². The van der Waals surface area contributed by atoms with Crippen LogP contribution in [0.2, 0.25) is 0 Å². The smallest absolute Gasteiger partial charge is 0.384 e. The first-order chi connectivity index (χ1) is 7.29. The molecule has 0 aliphatic heterocycles. The quantitative estimate of drug-likeness (QED) is 0.837. The summed E-state index contributed by atoms with van der Waals surface area (Å²) in [4.78, 5) is 15.7. The number of alkyl halides is 3. The molecular weight excluding hydrogens is 223 g/mol. The van der Waals surface area contributed by atoms with E-state index in [0.717, 1.165) is 7.05 Å². The summed E-state index contributed by atoms with van der Waals surface area (Å²) in [5, 5.41) is 0. The van der Waals surface area contributed by atoms with Crippen molar-refractivity contribution in [2.24, 2.45) is 0 Å². The zero-order valence-electron chi connectivity index (χ0n) is 8.45. The Morgan fingerprint density at radius 3 is 2.69 bits per heavy atom. The number of anilines is 1. The van der Waals surface area contributed by atoms with Gasteiger partial charge in [0.1, 0.15) is 12.4 Å². The maximum atomic E-state index is 12.0. The van der Waals surface area contributed by atoms with E-state index in [-0.39, 0.29) is 11.4 Å². The number of nitrogens with two attached hydrogens (primary N) is 1. The molecular formula is C9H10F3N3O. The molecule has 7 heteroatoms. The third-order valence-corrected chi connectivity index (χ3v) is 1.79. The number of aromatic nitrogens is 1. The largest absolute Gasteiger partial charge is 0.406 e. The van der Waals surface area contributed by atoms with Crippen LogP contribution in [0.4, 0.5) is 19.0 Å². The Morgan fingerprint density at radius 1 is 1.56 bits per heavy atom. The second-order valence-corrected chi connectivity index (χ2v) is 3.25. The van der Waals surface area contributed by atoms with Crippen LogP contribution in [0.1, 0.15) is 10.4 Å². The van der Waals surface area contributed by atoms with Gasteiger partial charge in [-0.15, -0.1) is 0 Å². The van der Waals surface area contributed by atoms with Gasteiger partial charge < -0.3 is 10.6 Å². The normalized spacial score (nSPS) is 11.2.